The second kappa shape index (κ2) is 6.16. The van der Waals surface area contributed by atoms with Crippen LogP contribution < -0.4 is 0 Å². The average Bonchev–Trinajstić information content (AvgIpc) is 2.41. The van der Waals surface area contributed by atoms with Crippen LogP contribution in [-0.2, 0) is 14.4 Å². The lowest BCUT2D eigenvalue weighted by molar-refractivity contribution is -0.392. The molecule has 0 aliphatic carbocycles. The molecule has 0 bridgehead atoms. The largest absolute Gasteiger partial charge is 0.411 e. The summed E-state index contributed by atoms with van der Waals surface area (Å²) < 4.78 is 47.7. The fraction of sp³-hybridized carbons (Fsp3) is 0.600. The van der Waals surface area contributed by atoms with E-state index in [9.17, 15) is 13.2 Å². The molecule has 2 rings (SSSR count). The number of hydrogen-bond acceptors (Lipinski definition) is 4. The summed E-state index contributed by atoms with van der Waals surface area (Å²) in [5.41, 5.74) is 0.913. The molecule has 0 spiro atoms. The van der Waals surface area contributed by atoms with Crippen LogP contribution in [0.25, 0.3) is 0 Å². The highest BCUT2D eigenvalue weighted by Gasteiger charge is 2.44. The first kappa shape index (κ1) is 17.2. The molecule has 124 valence electrons. The van der Waals surface area contributed by atoms with Crippen molar-refractivity contribution in [3.63, 3.8) is 0 Å². The van der Waals surface area contributed by atoms with Crippen molar-refractivity contribution in [2.24, 2.45) is 5.41 Å². The monoisotopic (exact) mass is 320 g/mol. The Balaban J connectivity index is 2.37. The van der Waals surface area contributed by atoms with Gasteiger partial charge in [0.25, 0.3) is 0 Å². The molecular formula is C15H19F3O4. The second-order valence-electron chi connectivity index (χ2n) is 6.34. The van der Waals surface area contributed by atoms with Gasteiger partial charge in [-0.25, -0.2) is 10.1 Å². The van der Waals surface area contributed by atoms with Crippen molar-refractivity contribution in [2.75, 3.05) is 6.61 Å². The maximum atomic E-state index is 12.4. The van der Waals surface area contributed by atoms with Gasteiger partial charge in [0, 0.05) is 11.5 Å². The van der Waals surface area contributed by atoms with E-state index in [2.05, 4.69) is 4.89 Å². The zero-order valence-electron chi connectivity index (χ0n) is 12.6. The molecule has 7 heteroatoms. The summed E-state index contributed by atoms with van der Waals surface area (Å²) >= 11 is 0. The van der Waals surface area contributed by atoms with Gasteiger partial charge in [-0.3, -0.25) is 0 Å². The van der Waals surface area contributed by atoms with Gasteiger partial charge in [-0.2, -0.15) is 13.2 Å². The number of rotatable bonds is 3. The zero-order valence-corrected chi connectivity index (χ0v) is 12.6. The van der Waals surface area contributed by atoms with Crippen LogP contribution in [-0.4, -0.2) is 24.3 Å². The van der Waals surface area contributed by atoms with E-state index in [-0.39, 0.29) is 0 Å². The molecule has 0 amide bonds. The van der Waals surface area contributed by atoms with Crippen molar-refractivity contribution in [1.82, 2.24) is 0 Å². The number of alkyl halides is 3. The van der Waals surface area contributed by atoms with E-state index in [1.807, 2.05) is 20.8 Å². The van der Waals surface area contributed by atoms with E-state index in [0.29, 0.717) is 5.56 Å². The van der Waals surface area contributed by atoms with E-state index in [0.717, 1.165) is 5.56 Å². The third-order valence-corrected chi connectivity index (χ3v) is 3.55. The van der Waals surface area contributed by atoms with E-state index < -0.39 is 36.7 Å². The normalized spacial score (nSPS) is 25.9. The molecule has 0 saturated carbocycles. The van der Waals surface area contributed by atoms with Crippen LogP contribution in [0.3, 0.4) is 0 Å². The molecule has 0 aromatic heterocycles. The predicted molar refractivity (Wildman–Crippen MR) is 72.0 cm³/mol. The first-order chi connectivity index (χ1) is 10.1. The van der Waals surface area contributed by atoms with E-state index in [4.69, 9.17) is 14.7 Å². The average molecular weight is 320 g/mol. The fourth-order valence-electron chi connectivity index (χ4n) is 2.70. The number of ether oxygens (including phenoxy) is 2. The first-order valence-corrected chi connectivity index (χ1v) is 6.86. The van der Waals surface area contributed by atoms with Crippen molar-refractivity contribution in [3.05, 3.63) is 35.4 Å². The highest BCUT2D eigenvalue weighted by Crippen LogP contribution is 2.47. The Morgan fingerprint density at radius 3 is 2.23 bits per heavy atom. The Kier molecular flexibility index (Phi) is 4.81. The smallest absolute Gasteiger partial charge is 0.342 e. The zero-order chi connectivity index (χ0) is 16.5. The standard InChI is InChI=1S/C15H19F3O4/c1-14(2,3)11-9-6-4-5-7-10(9)12(22-19)21-13(11)20-8-15(16,17)18/h4-7,11-13,19H,8H2,1-3H3/t11-,12-,13-/m1/s1. The summed E-state index contributed by atoms with van der Waals surface area (Å²) in [4.78, 5) is 4.26. The van der Waals surface area contributed by atoms with Gasteiger partial charge in [-0.05, 0) is 11.0 Å². The van der Waals surface area contributed by atoms with E-state index >= 15 is 0 Å². The van der Waals surface area contributed by atoms with E-state index in [1.54, 1.807) is 24.3 Å². The van der Waals surface area contributed by atoms with E-state index in [1.165, 1.54) is 0 Å². The van der Waals surface area contributed by atoms with Gasteiger partial charge < -0.3 is 9.47 Å². The number of halogens is 3. The number of hydrogen-bond donors (Lipinski definition) is 1. The van der Waals surface area contributed by atoms with Crippen molar-refractivity contribution < 1.29 is 32.8 Å². The summed E-state index contributed by atoms with van der Waals surface area (Å²) in [5, 5.41) is 8.97. The number of fused-ring (bicyclic) bond motifs is 1. The molecule has 1 aliphatic heterocycles. The molecule has 0 unspecified atom stereocenters. The molecule has 1 aliphatic rings. The van der Waals surface area contributed by atoms with Crippen LogP contribution in [0.1, 0.15) is 44.1 Å². The molecule has 4 nitrogen and oxygen atoms in total. The minimum absolute atomic E-state index is 0.410. The lowest BCUT2D eigenvalue weighted by atomic mass is 9.73. The Hall–Kier alpha value is -1.15. The minimum atomic E-state index is -4.46. The summed E-state index contributed by atoms with van der Waals surface area (Å²) in [6.45, 7) is 4.25. The van der Waals surface area contributed by atoms with Crippen molar-refractivity contribution in [3.8, 4) is 0 Å². The topological polar surface area (TPSA) is 47.9 Å². The van der Waals surface area contributed by atoms with Gasteiger partial charge in [0.15, 0.2) is 6.29 Å². The van der Waals surface area contributed by atoms with Crippen LogP contribution in [0.15, 0.2) is 24.3 Å². The van der Waals surface area contributed by atoms with Crippen molar-refractivity contribution in [2.45, 2.75) is 45.4 Å². The third kappa shape index (κ3) is 3.78. The maximum absolute atomic E-state index is 12.4. The maximum Gasteiger partial charge on any atom is 0.411 e. The van der Waals surface area contributed by atoms with Gasteiger partial charge in [0.05, 0.1) is 0 Å². The molecule has 1 heterocycles. The molecule has 22 heavy (non-hydrogen) atoms. The summed E-state index contributed by atoms with van der Waals surface area (Å²) in [7, 11) is 0. The van der Waals surface area contributed by atoms with Crippen molar-refractivity contribution in [1.29, 1.82) is 0 Å². The van der Waals surface area contributed by atoms with Crippen LogP contribution in [0.5, 0.6) is 0 Å². The van der Waals surface area contributed by atoms with Gasteiger partial charge in [0.1, 0.15) is 6.61 Å². The van der Waals surface area contributed by atoms with Gasteiger partial charge in [0.2, 0.25) is 6.29 Å². The SMILES string of the molecule is CC(C)(C)[C@@H]1c2ccccc2[C@@H](OO)O[C@H]1OCC(F)(F)F. The second-order valence-corrected chi connectivity index (χ2v) is 6.34. The fourth-order valence-corrected chi connectivity index (χ4v) is 2.70. The van der Waals surface area contributed by atoms with Gasteiger partial charge >= 0.3 is 6.18 Å². The van der Waals surface area contributed by atoms with Crippen LogP contribution in [0, 0.1) is 5.41 Å². The summed E-state index contributed by atoms with van der Waals surface area (Å²) in [6.07, 6.45) is -6.81. The molecule has 0 saturated heterocycles. The van der Waals surface area contributed by atoms with Crippen LogP contribution in [0.4, 0.5) is 13.2 Å². The highest BCUT2D eigenvalue weighted by molar-refractivity contribution is 5.35. The van der Waals surface area contributed by atoms with Gasteiger partial charge in [-0.1, -0.05) is 45.0 Å². The molecular weight excluding hydrogens is 301 g/mol. The lowest BCUT2D eigenvalue weighted by Gasteiger charge is -2.43. The molecule has 3 atom stereocenters. The Labute approximate surface area is 126 Å². The Bertz CT molecular complexity index is 510. The lowest BCUT2D eigenvalue weighted by Crippen LogP contribution is -2.41. The summed E-state index contributed by atoms with van der Waals surface area (Å²) in [6, 6.07) is 7.00. The highest BCUT2D eigenvalue weighted by atomic mass is 19.4. The molecule has 0 fully saturated rings. The number of benzene rings is 1. The molecule has 0 radical (unpaired) electrons. The Morgan fingerprint density at radius 2 is 1.73 bits per heavy atom. The molecule has 1 aromatic rings. The Morgan fingerprint density at radius 1 is 1.14 bits per heavy atom. The van der Waals surface area contributed by atoms with Crippen LogP contribution >= 0.6 is 0 Å². The third-order valence-electron chi connectivity index (χ3n) is 3.55. The van der Waals surface area contributed by atoms with Gasteiger partial charge in [-0.15, -0.1) is 0 Å². The minimum Gasteiger partial charge on any atom is -0.342 e. The molecule has 1 aromatic carbocycles. The first-order valence-electron chi connectivity index (χ1n) is 6.86. The summed E-state index contributed by atoms with van der Waals surface area (Å²) in [5.74, 6) is -0.433. The van der Waals surface area contributed by atoms with Crippen molar-refractivity contribution >= 4 is 0 Å². The van der Waals surface area contributed by atoms with Crippen LogP contribution in [0.2, 0.25) is 0 Å². The quantitative estimate of drug-likeness (QED) is 0.668. The predicted octanol–water partition coefficient (Wildman–Crippen LogP) is 4.24. The molecule has 1 N–H and O–H groups in total.